The highest BCUT2D eigenvalue weighted by molar-refractivity contribution is 7.13. The van der Waals surface area contributed by atoms with Crippen LogP contribution in [0.4, 0.5) is 10.1 Å². The second kappa shape index (κ2) is 8.55. The number of para-hydroxylation sites is 1. The Labute approximate surface area is 160 Å². The van der Waals surface area contributed by atoms with Gasteiger partial charge in [-0.15, -0.1) is 11.3 Å². The van der Waals surface area contributed by atoms with Crippen molar-refractivity contribution in [1.29, 1.82) is 0 Å². The molecule has 0 unspecified atom stereocenters. The number of carbonyl (C=O) groups is 2. The first kappa shape index (κ1) is 18.7. The molecule has 0 aliphatic carbocycles. The highest BCUT2D eigenvalue weighted by Gasteiger charge is 2.17. The van der Waals surface area contributed by atoms with Crippen LogP contribution in [0.3, 0.4) is 0 Å². The molecule has 3 rings (SSSR count). The summed E-state index contributed by atoms with van der Waals surface area (Å²) in [4.78, 5) is 29.3. The van der Waals surface area contributed by atoms with Crippen LogP contribution in [0.25, 0.3) is 0 Å². The van der Waals surface area contributed by atoms with Gasteiger partial charge in [0, 0.05) is 6.54 Å². The van der Waals surface area contributed by atoms with E-state index in [4.69, 9.17) is 0 Å². The van der Waals surface area contributed by atoms with Gasteiger partial charge in [0.1, 0.15) is 15.7 Å². The third kappa shape index (κ3) is 4.98. The van der Waals surface area contributed by atoms with Crippen LogP contribution < -0.4 is 10.6 Å². The second-order valence-electron chi connectivity index (χ2n) is 5.90. The van der Waals surface area contributed by atoms with Gasteiger partial charge in [-0.2, -0.15) is 0 Å². The molecule has 0 fully saturated rings. The van der Waals surface area contributed by atoms with Crippen LogP contribution >= 0.6 is 11.3 Å². The van der Waals surface area contributed by atoms with E-state index < -0.39 is 5.82 Å². The lowest BCUT2D eigenvalue weighted by molar-refractivity contribution is -0.115. The van der Waals surface area contributed by atoms with Crippen molar-refractivity contribution in [3.05, 3.63) is 81.6 Å². The average Bonchev–Trinajstić information content (AvgIpc) is 3.02. The average molecular weight is 383 g/mol. The van der Waals surface area contributed by atoms with Crippen molar-refractivity contribution < 1.29 is 14.0 Å². The van der Waals surface area contributed by atoms with E-state index in [9.17, 15) is 14.0 Å². The third-order valence-electron chi connectivity index (χ3n) is 3.80. The van der Waals surface area contributed by atoms with Crippen LogP contribution in [0.2, 0.25) is 0 Å². The number of aromatic nitrogens is 1. The van der Waals surface area contributed by atoms with Crippen molar-refractivity contribution in [2.75, 3.05) is 5.32 Å². The fourth-order valence-electron chi connectivity index (χ4n) is 2.49. The van der Waals surface area contributed by atoms with Gasteiger partial charge in [-0.3, -0.25) is 9.59 Å². The molecule has 1 aromatic heterocycles. The summed E-state index contributed by atoms with van der Waals surface area (Å²) in [5.41, 5.74) is 1.69. The smallest absolute Gasteiger partial charge is 0.263 e. The van der Waals surface area contributed by atoms with Crippen LogP contribution in [-0.4, -0.2) is 16.8 Å². The molecule has 0 aliphatic rings. The maximum atomic E-state index is 13.6. The standard InChI is InChI=1S/C20H18FN3O2S/c1-13-19(20(26)22-12-14-7-3-2-4-8-14)27-18(23-13)11-17(25)24-16-10-6-5-9-15(16)21/h2-10H,11-12H2,1H3,(H,22,26)(H,24,25). The number of hydrogen-bond acceptors (Lipinski definition) is 4. The van der Waals surface area contributed by atoms with Gasteiger partial charge >= 0.3 is 0 Å². The largest absolute Gasteiger partial charge is 0.347 e. The molecule has 27 heavy (non-hydrogen) atoms. The van der Waals surface area contributed by atoms with Gasteiger partial charge < -0.3 is 10.6 Å². The van der Waals surface area contributed by atoms with Gasteiger partial charge in [-0.25, -0.2) is 9.37 Å². The first-order valence-electron chi connectivity index (χ1n) is 8.35. The summed E-state index contributed by atoms with van der Waals surface area (Å²) in [7, 11) is 0. The first-order chi connectivity index (χ1) is 13.0. The molecule has 1 heterocycles. The number of anilines is 1. The molecule has 2 aromatic carbocycles. The van der Waals surface area contributed by atoms with E-state index in [1.165, 1.54) is 23.5 Å². The molecule has 138 valence electrons. The predicted octanol–water partition coefficient (Wildman–Crippen LogP) is 3.70. The Bertz CT molecular complexity index is 957. The molecule has 0 saturated carbocycles. The van der Waals surface area contributed by atoms with Crippen molar-refractivity contribution in [2.24, 2.45) is 0 Å². The molecule has 5 nitrogen and oxygen atoms in total. The molecule has 0 bridgehead atoms. The molecule has 0 atom stereocenters. The van der Waals surface area contributed by atoms with Gasteiger partial charge in [-0.1, -0.05) is 42.5 Å². The first-order valence-corrected chi connectivity index (χ1v) is 9.17. The minimum absolute atomic E-state index is 0.0220. The maximum absolute atomic E-state index is 13.6. The number of nitrogens with zero attached hydrogens (tertiary/aromatic N) is 1. The lowest BCUT2D eigenvalue weighted by Crippen LogP contribution is -2.22. The van der Waals surface area contributed by atoms with Gasteiger partial charge in [0.25, 0.3) is 5.91 Å². The van der Waals surface area contributed by atoms with Crippen molar-refractivity contribution in [3.63, 3.8) is 0 Å². The van der Waals surface area contributed by atoms with E-state index in [2.05, 4.69) is 15.6 Å². The normalized spacial score (nSPS) is 10.4. The highest BCUT2D eigenvalue weighted by Crippen LogP contribution is 2.20. The molecule has 0 radical (unpaired) electrons. The lowest BCUT2D eigenvalue weighted by atomic mass is 10.2. The van der Waals surface area contributed by atoms with Crippen LogP contribution in [0, 0.1) is 12.7 Å². The Morgan fingerprint density at radius 1 is 1.07 bits per heavy atom. The Balaban J connectivity index is 1.61. The van der Waals surface area contributed by atoms with E-state index >= 15 is 0 Å². The minimum atomic E-state index is -0.498. The van der Waals surface area contributed by atoms with Gasteiger partial charge in [0.2, 0.25) is 5.91 Å². The summed E-state index contributed by atoms with van der Waals surface area (Å²) in [5.74, 6) is -1.11. The molecular weight excluding hydrogens is 365 g/mol. The molecule has 2 amide bonds. The fraction of sp³-hybridized carbons (Fsp3) is 0.150. The van der Waals surface area contributed by atoms with Crippen molar-refractivity contribution >= 4 is 28.8 Å². The van der Waals surface area contributed by atoms with Gasteiger partial charge in [0.05, 0.1) is 17.8 Å². The molecule has 0 aliphatic heterocycles. The Morgan fingerprint density at radius 3 is 2.52 bits per heavy atom. The van der Waals surface area contributed by atoms with Crippen molar-refractivity contribution in [1.82, 2.24) is 10.3 Å². The predicted molar refractivity (Wildman–Crippen MR) is 103 cm³/mol. The number of rotatable bonds is 6. The number of thiazole rings is 1. The number of halogens is 1. The van der Waals surface area contributed by atoms with E-state index in [0.717, 1.165) is 5.56 Å². The van der Waals surface area contributed by atoms with Crippen LogP contribution in [0.15, 0.2) is 54.6 Å². The van der Waals surface area contributed by atoms with Gasteiger partial charge in [0.15, 0.2) is 0 Å². The zero-order chi connectivity index (χ0) is 19.2. The summed E-state index contributed by atoms with van der Waals surface area (Å²) < 4.78 is 13.6. The van der Waals surface area contributed by atoms with E-state index in [1.807, 2.05) is 30.3 Å². The minimum Gasteiger partial charge on any atom is -0.347 e. The van der Waals surface area contributed by atoms with Crippen LogP contribution in [0.5, 0.6) is 0 Å². The van der Waals surface area contributed by atoms with Crippen molar-refractivity contribution in [3.8, 4) is 0 Å². The summed E-state index contributed by atoms with van der Waals surface area (Å²) >= 11 is 1.17. The molecule has 0 saturated heterocycles. The van der Waals surface area contributed by atoms with E-state index in [1.54, 1.807) is 19.1 Å². The quantitative estimate of drug-likeness (QED) is 0.682. The Morgan fingerprint density at radius 2 is 1.78 bits per heavy atom. The molecule has 3 aromatic rings. The summed E-state index contributed by atoms with van der Waals surface area (Å²) in [6.45, 7) is 2.15. The zero-order valence-electron chi connectivity index (χ0n) is 14.7. The van der Waals surface area contributed by atoms with Crippen LogP contribution in [-0.2, 0) is 17.8 Å². The molecule has 2 N–H and O–H groups in total. The number of nitrogens with one attached hydrogen (secondary N) is 2. The highest BCUT2D eigenvalue weighted by atomic mass is 32.1. The Kier molecular flexibility index (Phi) is 5.93. The fourth-order valence-corrected chi connectivity index (χ4v) is 3.47. The zero-order valence-corrected chi connectivity index (χ0v) is 15.5. The topological polar surface area (TPSA) is 71.1 Å². The SMILES string of the molecule is Cc1nc(CC(=O)Nc2ccccc2F)sc1C(=O)NCc1ccccc1. The summed E-state index contributed by atoms with van der Waals surface area (Å²) in [6.07, 6.45) is -0.0220. The Hall–Kier alpha value is -3.06. The number of hydrogen-bond donors (Lipinski definition) is 2. The number of carbonyl (C=O) groups excluding carboxylic acids is 2. The second-order valence-corrected chi connectivity index (χ2v) is 6.98. The molecule has 7 heteroatoms. The maximum Gasteiger partial charge on any atom is 0.263 e. The molecule has 0 spiro atoms. The van der Waals surface area contributed by atoms with E-state index in [-0.39, 0.29) is 23.9 Å². The molecular formula is C20H18FN3O2S. The van der Waals surface area contributed by atoms with E-state index in [0.29, 0.717) is 22.1 Å². The number of aryl methyl sites for hydroxylation is 1. The summed E-state index contributed by atoms with van der Waals surface area (Å²) in [5, 5.41) is 5.87. The van der Waals surface area contributed by atoms with Crippen molar-refractivity contribution in [2.45, 2.75) is 19.9 Å². The monoisotopic (exact) mass is 383 g/mol. The summed E-state index contributed by atoms with van der Waals surface area (Å²) in [6, 6.07) is 15.5. The number of amides is 2. The number of benzene rings is 2. The van der Waals surface area contributed by atoms with Crippen LogP contribution in [0.1, 0.15) is 25.9 Å². The lowest BCUT2D eigenvalue weighted by Gasteiger charge is -2.04. The third-order valence-corrected chi connectivity index (χ3v) is 4.96. The van der Waals surface area contributed by atoms with Gasteiger partial charge in [-0.05, 0) is 24.6 Å².